The van der Waals surface area contributed by atoms with Crippen LogP contribution in [0.1, 0.15) is 60.0 Å². The van der Waals surface area contributed by atoms with Gasteiger partial charge in [-0.1, -0.05) is 6.07 Å². The highest BCUT2D eigenvalue weighted by atomic mass is 32.2. The van der Waals surface area contributed by atoms with Crippen LogP contribution in [0.5, 0.6) is 5.75 Å². The summed E-state index contributed by atoms with van der Waals surface area (Å²) in [5.41, 5.74) is 1.08. The Bertz CT molecular complexity index is 1070. The van der Waals surface area contributed by atoms with E-state index in [4.69, 9.17) is 4.74 Å². The molecule has 1 aromatic heterocycles. The number of carbonyl (C=O) groups excluding carboxylic acids is 1. The maximum Gasteiger partial charge on any atom is 0.257 e. The first-order valence-electron chi connectivity index (χ1n) is 10.7. The van der Waals surface area contributed by atoms with Gasteiger partial charge in [0.25, 0.3) is 5.91 Å². The summed E-state index contributed by atoms with van der Waals surface area (Å²) in [5.74, 6) is 0.886. The van der Waals surface area contributed by atoms with Gasteiger partial charge in [0.05, 0.1) is 29.3 Å². The molecule has 0 N–H and O–H groups in total. The van der Waals surface area contributed by atoms with Crippen LogP contribution in [0.25, 0.3) is 0 Å². The van der Waals surface area contributed by atoms with Gasteiger partial charge in [-0.3, -0.25) is 4.79 Å². The fraction of sp³-hybridized carbons (Fsp3) is 0.500. The molecule has 0 bridgehead atoms. The van der Waals surface area contributed by atoms with E-state index >= 15 is 0 Å². The fourth-order valence-corrected chi connectivity index (χ4v) is 6.00. The van der Waals surface area contributed by atoms with Crippen LogP contribution >= 0.6 is 0 Å². The molecule has 0 radical (unpaired) electrons. The molecule has 0 unspecified atom stereocenters. The Balaban J connectivity index is 1.60. The van der Waals surface area contributed by atoms with E-state index in [1.807, 2.05) is 4.90 Å². The van der Waals surface area contributed by atoms with Gasteiger partial charge in [0.2, 0.25) is 10.0 Å². The number of aromatic nitrogens is 2. The van der Waals surface area contributed by atoms with Crippen molar-refractivity contribution in [3.63, 3.8) is 0 Å². The standard InChI is InChI=1S/C22H28N4O4S/c1-16-19(22(27)25-11-4-3-5-12-25)15-23-21(24-16)20-10-7-13-26(20)31(28,29)18-9-6-8-17(14-18)30-2/h6,8-9,14-15,20H,3-5,7,10-13H2,1-2H3/t20-/m1/s1. The summed E-state index contributed by atoms with van der Waals surface area (Å²) < 4.78 is 33.3. The predicted molar refractivity (Wildman–Crippen MR) is 115 cm³/mol. The molecule has 2 aliphatic rings. The normalized spacial score (nSPS) is 20.1. The van der Waals surface area contributed by atoms with Gasteiger partial charge in [0, 0.05) is 31.9 Å². The molecule has 166 valence electrons. The van der Waals surface area contributed by atoms with Crippen molar-refractivity contribution >= 4 is 15.9 Å². The molecule has 0 saturated carbocycles. The lowest BCUT2D eigenvalue weighted by atomic mass is 10.1. The average molecular weight is 445 g/mol. The summed E-state index contributed by atoms with van der Waals surface area (Å²) in [6, 6.07) is 6.02. The van der Waals surface area contributed by atoms with Crippen LogP contribution in [-0.2, 0) is 10.0 Å². The molecule has 2 aliphatic heterocycles. The van der Waals surface area contributed by atoms with Crippen molar-refractivity contribution in [1.82, 2.24) is 19.2 Å². The molecule has 9 heteroatoms. The smallest absolute Gasteiger partial charge is 0.257 e. The van der Waals surface area contributed by atoms with E-state index in [2.05, 4.69) is 9.97 Å². The molecule has 3 heterocycles. The van der Waals surface area contributed by atoms with Crippen molar-refractivity contribution in [2.45, 2.75) is 50.0 Å². The summed E-state index contributed by atoms with van der Waals surface area (Å²) in [5, 5.41) is 0. The largest absolute Gasteiger partial charge is 0.497 e. The molecule has 4 rings (SSSR count). The summed E-state index contributed by atoms with van der Waals surface area (Å²) >= 11 is 0. The Kier molecular flexibility index (Phi) is 6.24. The first-order chi connectivity index (χ1) is 14.9. The molecule has 0 spiro atoms. The number of carbonyl (C=O) groups is 1. The molecule has 2 saturated heterocycles. The number of likely N-dealkylation sites (tertiary alicyclic amines) is 1. The lowest BCUT2D eigenvalue weighted by Crippen LogP contribution is -2.36. The fourth-order valence-electron chi connectivity index (χ4n) is 4.31. The third-order valence-corrected chi connectivity index (χ3v) is 7.93. The minimum absolute atomic E-state index is 0.0453. The topological polar surface area (TPSA) is 92.7 Å². The Morgan fingerprint density at radius 3 is 2.61 bits per heavy atom. The molecule has 0 aliphatic carbocycles. The minimum Gasteiger partial charge on any atom is -0.497 e. The molecule has 8 nitrogen and oxygen atoms in total. The van der Waals surface area contributed by atoms with Gasteiger partial charge in [-0.15, -0.1) is 0 Å². The monoisotopic (exact) mass is 444 g/mol. The third kappa shape index (κ3) is 4.29. The molecule has 1 amide bonds. The average Bonchev–Trinajstić information content (AvgIpc) is 3.30. The van der Waals surface area contributed by atoms with Crippen LogP contribution in [-0.4, -0.2) is 60.2 Å². The molecule has 31 heavy (non-hydrogen) atoms. The Morgan fingerprint density at radius 2 is 1.90 bits per heavy atom. The zero-order valence-corrected chi connectivity index (χ0v) is 18.8. The first kappa shape index (κ1) is 21.7. The SMILES string of the molecule is COc1cccc(S(=O)(=O)N2CCC[C@@H]2c2ncc(C(=O)N3CCCCC3)c(C)n2)c1. The summed E-state index contributed by atoms with van der Waals surface area (Å²) in [4.78, 5) is 23.9. The molecule has 2 aromatic rings. The molecule has 2 fully saturated rings. The summed E-state index contributed by atoms with van der Waals surface area (Å²) in [6.07, 6.45) is 6.11. The van der Waals surface area contributed by atoms with Crippen molar-refractivity contribution in [2.24, 2.45) is 0 Å². The number of amides is 1. The second-order valence-electron chi connectivity index (χ2n) is 8.03. The van der Waals surface area contributed by atoms with E-state index in [0.717, 1.165) is 38.8 Å². The van der Waals surface area contributed by atoms with Crippen LogP contribution in [0, 0.1) is 6.92 Å². The van der Waals surface area contributed by atoms with Gasteiger partial charge in [0.1, 0.15) is 11.6 Å². The Hall–Kier alpha value is -2.52. The van der Waals surface area contributed by atoms with Gasteiger partial charge in [0.15, 0.2) is 0 Å². The number of ether oxygens (including phenoxy) is 1. The number of sulfonamides is 1. The van der Waals surface area contributed by atoms with Crippen molar-refractivity contribution in [3.05, 3.63) is 47.5 Å². The van der Waals surface area contributed by atoms with Crippen LogP contribution in [0.15, 0.2) is 35.4 Å². The minimum atomic E-state index is -3.73. The van der Waals surface area contributed by atoms with Crippen LogP contribution in [0.3, 0.4) is 0 Å². The van der Waals surface area contributed by atoms with Crippen molar-refractivity contribution in [1.29, 1.82) is 0 Å². The van der Waals surface area contributed by atoms with Crippen LogP contribution < -0.4 is 4.74 Å². The lowest BCUT2D eigenvalue weighted by molar-refractivity contribution is 0.0722. The third-order valence-electron chi connectivity index (χ3n) is 6.02. The highest BCUT2D eigenvalue weighted by Crippen LogP contribution is 2.36. The van der Waals surface area contributed by atoms with Crippen molar-refractivity contribution in [3.8, 4) is 5.75 Å². The Morgan fingerprint density at radius 1 is 1.13 bits per heavy atom. The summed E-state index contributed by atoms with van der Waals surface area (Å²) in [7, 11) is -2.22. The van der Waals surface area contributed by atoms with Crippen LogP contribution in [0.2, 0.25) is 0 Å². The second-order valence-corrected chi connectivity index (χ2v) is 9.92. The van der Waals surface area contributed by atoms with Gasteiger partial charge >= 0.3 is 0 Å². The molecule has 1 aromatic carbocycles. The second kappa shape index (κ2) is 8.92. The predicted octanol–water partition coefficient (Wildman–Crippen LogP) is 2.95. The number of aryl methyl sites for hydroxylation is 1. The molecular weight excluding hydrogens is 416 g/mol. The van der Waals surface area contributed by atoms with E-state index in [9.17, 15) is 13.2 Å². The van der Waals surface area contributed by atoms with Gasteiger partial charge in [-0.05, 0) is 51.2 Å². The quantitative estimate of drug-likeness (QED) is 0.704. The molecule has 1 atom stereocenters. The van der Waals surface area contributed by atoms with Crippen molar-refractivity contribution in [2.75, 3.05) is 26.7 Å². The zero-order chi connectivity index (χ0) is 22.0. The van der Waals surface area contributed by atoms with Gasteiger partial charge in [-0.2, -0.15) is 4.31 Å². The maximum absolute atomic E-state index is 13.3. The zero-order valence-electron chi connectivity index (χ0n) is 18.0. The lowest BCUT2D eigenvalue weighted by Gasteiger charge is -2.27. The Labute approximate surface area is 183 Å². The number of nitrogens with zero attached hydrogens (tertiary/aromatic N) is 4. The maximum atomic E-state index is 13.3. The van der Waals surface area contributed by atoms with Crippen LogP contribution in [0.4, 0.5) is 0 Å². The number of hydrogen-bond donors (Lipinski definition) is 0. The number of rotatable bonds is 5. The van der Waals surface area contributed by atoms with E-state index in [-0.39, 0.29) is 10.8 Å². The van der Waals surface area contributed by atoms with E-state index < -0.39 is 16.1 Å². The molecular formula is C22H28N4O4S. The van der Waals surface area contributed by atoms with E-state index in [1.54, 1.807) is 31.3 Å². The van der Waals surface area contributed by atoms with Gasteiger partial charge in [-0.25, -0.2) is 18.4 Å². The number of methoxy groups -OCH3 is 1. The van der Waals surface area contributed by atoms with E-state index in [1.165, 1.54) is 17.5 Å². The van der Waals surface area contributed by atoms with E-state index in [0.29, 0.717) is 35.8 Å². The number of hydrogen-bond acceptors (Lipinski definition) is 6. The highest BCUT2D eigenvalue weighted by molar-refractivity contribution is 7.89. The highest BCUT2D eigenvalue weighted by Gasteiger charge is 2.38. The summed E-state index contributed by atoms with van der Waals surface area (Å²) in [6.45, 7) is 3.71. The van der Waals surface area contributed by atoms with Gasteiger partial charge < -0.3 is 9.64 Å². The van der Waals surface area contributed by atoms with Crippen molar-refractivity contribution < 1.29 is 17.9 Å². The number of benzene rings is 1. The first-order valence-corrected chi connectivity index (χ1v) is 12.1. The number of piperidine rings is 1.